The molecule has 1 aromatic carbocycles. The number of nitrogens with one attached hydrogen (secondary N) is 1. The summed E-state index contributed by atoms with van der Waals surface area (Å²) in [7, 11) is 0. The molecule has 1 aliphatic carbocycles. The summed E-state index contributed by atoms with van der Waals surface area (Å²) < 4.78 is 16.3. The Morgan fingerprint density at radius 3 is 2.79 bits per heavy atom. The molecular formula is C18H20N2O4. The van der Waals surface area contributed by atoms with E-state index in [1.807, 2.05) is 32.0 Å². The lowest BCUT2D eigenvalue weighted by Gasteiger charge is -2.18. The molecule has 2 aliphatic rings. The predicted molar refractivity (Wildman–Crippen MR) is 86.1 cm³/mol. The van der Waals surface area contributed by atoms with Gasteiger partial charge in [-0.1, -0.05) is 11.2 Å². The zero-order chi connectivity index (χ0) is 16.7. The van der Waals surface area contributed by atoms with E-state index in [4.69, 9.17) is 14.0 Å². The van der Waals surface area contributed by atoms with Crippen LogP contribution in [-0.2, 0) is 11.3 Å². The van der Waals surface area contributed by atoms with E-state index < -0.39 is 0 Å². The third kappa shape index (κ3) is 2.72. The molecule has 1 fully saturated rings. The van der Waals surface area contributed by atoms with Gasteiger partial charge in [0.1, 0.15) is 19.0 Å². The van der Waals surface area contributed by atoms with E-state index in [2.05, 4.69) is 10.5 Å². The maximum atomic E-state index is 12.4. The zero-order valence-corrected chi connectivity index (χ0v) is 13.8. The minimum atomic E-state index is 0.0213. The van der Waals surface area contributed by atoms with Gasteiger partial charge in [-0.2, -0.15) is 0 Å². The van der Waals surface area contributed by atoms with Crippen LogP contribution in [0.1, 0.15) is 34.9 Å². The Bertz CT molecular complexity index is 764. The standard InChI is InChI=1S/C18H20N2O4/c1-10-15(11(2)24-20-10)9-19-18(21)14-8-13(14)12-3-4-16-17(7-12)23-6-5-22-16/h3-4,7,13-14H,5-6,8-9H2,1-2H3,(H,19,21). The maximum Gasteiger partial charge on any atom is 0.224 e. The van der Waals surface area contributed by atoms with Crippen LogP contribution in [0.15, 0.2) is 22.7 Å². The summed E-state index contributed by atoms with van der Waals surface area (Å²) in [6.07, 6.45) is 0.868. The quantitative estimate of drug-likeness (QED) is 0.933. The molecule has 6 heteroatoms. The summed E-state index contributed by atoms with van der Waals surface area (Å²) in [6.45, 7) is 5.36. The van der Waals surface area contributed by atoms with Gasteiger partial charge in [0.15, 0.2) is 11.5 Å². The minimum absolute atomic E-state index is 0.0213. The zero-order valence-electron chi connectivity index (χ0n) is 13.8. The van der Waals surface area contributed by atoms with Gasteiger partial charge >= 0.3 is 0 Å². The largest absolute Gasteiger partial charge is 0.486 e. The summed E-state index contributed by atoms with van der Waals surface area (Å²) in [5.74, 6) is 2.67. The number of aromatic nitrogens is 1. The third-order valence-electron chi connectivity index (χ3n) is 4.74. The van der Waals surface area contributed by atoms with Gasteiger partial charge in [0.25, 0.3) is 0 Å². The van der Waals surface area contributed by atoms with Gasteiger partial charge < -0.3 is 19.3 Å². The van der Waals surface area contributed by atoms with Crippen molar-refractivity contribution in [3.63, 3.8) is 0 Å². The topological polar surface area (TPSA) is 73.6 Å². The van der Waals surface area contributed by atoms with E-state index in [9.17, 15) is 4.79 Å². The average molecular weight is 328 g/mol. The molecule has 0 spiro atoms. The van der Waals surface area contributed by atoms with Crippen molar-refractivity contribution >= 4 is 5.91 Å². The van der Waals surface area contributed by atoms with Crippen LogP contribution in [0.4, 0.5) is 0 Å². The summed E-state index contributed by atoms with van der Waals surface area (Å²) >= 11 is 0. The number of fused-ring (bicyclic) bond motifs is 1. The van der Waals surface area contributed by atoms with Crippen molar-refractivity contribution in [1.29, 1.82) is 0 Å². The summed E-state index contributed by atoms with van der Waals surface area (Å²) in [4.78, 5) is 12.4. The number of carbonyl (C=O) groups excluding carboxylic acids is 1. The van der Waals surface area contributed by atoms with E-state index in [0.717, 1.165) is 40.5 Å². The number of rotatable bonds is 4. The first-order chi connectivity index (χ1) is 11.6. The Balaban J connectivity index is 1.38. The molecule has 2 atom stereocenters. The highest BCUT2D eigenvalue weighted by atomic mass is 16.6. The molecule has 24 heavy (non-hydrogen) atoms. The van der Waals surface area contributed by atoms with Crippen LogP contribution in [0.5, 0.6) is 11.5 Å². The van der Waals surface area contributed by atoms with Crippen molar-refractivity contribution < 1.29 is 18.8 Å². The molecule has 126 valence electrons. The van der Waals surface area contributed by atoms with Gasteiger partial charge in [-0.25, -0.2) is 0 Å². The second-order valence-corrected chi connectivity index (χ2v) is 6.37. The SMILES string of the molecule is Cc1noc(C)c1CNC(=O)C1CC1c1ccc2c(c1)OCCO2. The van der Waals surface area contributed by atoms with Gasteiger partial charge in [0, 0.05) is 18.0 Å². The van der Waals surface area contributed by atoms with Gasteiger partial charge in [0.05, 0.1) is 5.69 Å². The number of hydrogen-bond donors (Lipinski definition) is 1. The molecule has 1 N–H and O–H groups in total. The number of nitrogens with zero attached hydrogens (tertiary/aromatic N) is 1. The molecule has 1 amide bonds. The number of hydrogen-bond acceptors (Lipinski definition) is 5. The number of benzene rings is 1. The fourth-order valence-electron chi connectivity index (χ4n) is 3.20. The molecule has 1 aromatic heterocycles. The van der Waals surface area contributed by atoms with Crippen LogP contribution in [0, 0.1) is 19.8 Å². The minimum Gasteiger partial charge on any atom is -0.486 e. The van der Waals surface area contributed by atoms with E-state index in [1.54, 1.807) is 0 Å². The van der Waals surface area contributed by atoms with Crippen LogP contribution in [0.3, 0.4) is 0 Å². The third-order valence-corrected chi connectivity index (χ3v) is 4.74. The van der Waals surface area contributed by atoms with Gasteiger partial charge in [-0.15, -0.1) is 0 Å². The average Bonchev–Trinajstić information content (AvgIpc) is 3.34. The second kappa shape index (κ2) is 5.85. The fourth-order valence-corrected chi connectivity index (χ4v) is 3.20. The van der Waals surface area contributed by atoms with E-state index in [1.165, 1.54) is 0 Å². The van der Waals surface area contributed by atoms with Crippen molar-refractivity contribution in [2.75, 3.05) is 13.2 Å². The first-order valence-electron chi connectivity index (χ1n) is 8.22. The molecule has 1 saturated carbocycles. The Hall–Kier alpha value is -2.50. The lowest BCUT2D eigenvalue weighted by Crippen LogP contribution is -2.25. The monoisotopic (exact) mass is 328 g/mol. The molecule has 0 bridgehead atoms. The van der Waals surface area contributed by atoms with Crippen molar-refractivity contribution in [2.24, 2.45) is 5.92 Å². The summed E-state index contributed by atoms with van der Waals surface area (Å²) in [5.41, 5.74) is 2.92. The summed E-state index contributed by atoms with van der Waals surface area (Å²) in [5, 5.41) is 6.90. The van der Waals surface area contributed by atoms with Crippen LogP contribution in [0.2, 0.25) is 0 Å². The Labute approximate surface area is 140 Å². The van der Waals surface area contributed by atoms with Gasteiger partial charge in [-0.3, -0.25) is 4.79 Å². The lowest BCUT2D eigenvalue weighted by atomic mass is 10.1. The second-order valence-electron chi connectivity index (χ2n) is 6.37. The smallest absolute Gasteiger partial charge is 0.224 e. The molecule has 0 radical (unpaired) electrons. The molecule has 2 heterocycles. The van der Waals surface area contributed by atoms with Crippen LogP contribution in [0.25, 0.3) is 0 Å². The van der Waals surface area contributed by atoms with Gasteiger partial charge in [0.2, 0.25) is 5.91 Å². The molecule has 4 rings (SSSR count). The number of aryl methyl sites for hydroxylation is 2. The van der Waals surface area contributed by atoms with Crippen molar-refractivity contribution in [3.05, 3.63) is 40.8 Å². The number of amides is 1. The van der Waals surface area contributed by atoms with Crippen molar-refractivity contribution in [1.82, 2.24) is 10.5 Å². The van der Waals surface area contributed by atoms with E-state index >= 15 is 0 Å². The Kier molecular flexibility index (Phi) is 3.67. The molecule has 1 aliphatic heterocycles. The normalized spacial score (nSPS) is 21.4. The van der Waals surface area contributed by atoms with E-state index in [-0.39, 0.29) is 17.7 Å². The molecule has 0 saturated heterocycles. The summed E-state index contributed by atoms with van der Waals surface area (Å²) in [6, 6.07) is 5.96. The highest BCUT2D eigenvalue weighted by molar-refractivity contribution is 5.83. The maximum absolute atomic E-state index is 12.4. The van der Waals surface area contributed by atoms with Crippen molar-refractivity contribution in [3.8, 4) is 11.5 Å². The van der Waals surface area contributed by atoms with E-state index in [0.29, 0.717) is 19.8 Å². The van der Waals surface area contributed by atoms with Crippen LogP contribution >= 0.6 is 0 Å². The molecular weight excluding hydrogens is 308 g/mol. The van der Waals surface area contributed by atoms with Gasteiger partial charge in [-0.05, 0) is 43.9 Å². The first kappa shape index (κ1) is 15.1. The molecule has 6 nitrogen and oxygen atoms in total. The number of ether oxygens (including phenoxy) is 2. The Morgan fingerprint density at radius 1 is 1.25 bits per heavy atom. The number of carbonyl (C=O) groups is 1. The fraction of sp³-hybridized carbons (Fsp3) is 0.444. The molecule has 2 aromatic rings. The highest BCUT2D eigenvalue weighted by Crippen LogP contribution is 2.49. The highest BCUT2D eigenvalue weighted by Gasteiger charge is 2.44. The first-order valence-corrected chi connectivity index (χ1v) is 8.22. The van der Waals surface area contributed by atoms with Crippen molar-refractivity contribution in [2.45, 2.75) is 32.7 Å². The lowest BCUT2D eigenvalue weighted by molar-refractivity contribution is -0.122. The van der Waals surface area contributed by atoms with Crippen LogP contribution in [-0.4, -0.2) is 24.3 Å². The Morgan fingerprint density at radius 2 is 2.04 bits per heavy atom. The molecule has 2 unspecified atom stereocenters. The van der Waals surface area contributed by atoms with Crippen LogP contribution < -0.4 is 14.8 Å². The predicted octanol–water partition coefficient (Wildman–Crippen LogP) is 2.48.